The summed E-state index contributed by atoms with van der Waals surface area (Å²) in [7, 11) is 3.25. The fraction of sp³-hybridized carbons (Fsp3) is 0.417. The fourth-order valence-corrected chi connectivity index (χ4v) is 3.96. The molecule has 6 heteroatoms. The fourth-order valence-electron chi connectivity index (χ4n) is 3.96. The molecule has 30 heavy (non-hydrogen) atoms. The van der Waals surface area contributed by atoms with Crippen molar-refractivity contribution in [3.05, 3.63) is 53.6 Å². The molecule has 3 rings (SSSR count). The van der Waals surface area contributed by atoms with Crippen molar-refractivity contribution in [2.45, 2.75) is 26.7 Å². The number of hydrogen-bond donors (Lipinski definition) is 0. The molecule has 6 nitrogen and oxygen atoms in total. The first kappa shape index (κ1) is 21.7. The molecule has 1 heterocycles. The van der Waals surface area contributed by atoms with Crippen LogP contribution < -0.4 is 14.4 Å². The number of aryl methyl sites for hydroxylation is 1. The third-order valence-corrected chi connectivity index (χ3v) is 5.75. The number of hydrogen-bond acceptors (Lipinski definition) is 4. The first-order chi connectivity index (χ1) is 14.5. The van der Waals surface area contributed by atoms with Gasteiger partial charge in [0.15, 0.2) is 5.78 Å². The van der Waals surface area contributed by atoms with E-state index in [0.29, 0.717) is 38.0 Å². The van der Waals surface area contributed by atoms with E-state index in [2.05, 4.69) is 0 Å². The molecule has 2 aromatic rings. The van der Waals surface area contributed by atoms with Gasteiger partial charge in [-0.25, -0.2) is 4.79 Å². The van der Waals surface area contributed by atoms with Crippen LogP contribution in [0.3, 0.4) is 0 Å². The number of rotatable bonds is 6. The maximum atomic E-state index is 13.1. The molecule has 0 atom stereocenters. The normalized spacial score (nSPS) is 14.3. The molecule has 0 bridgehead atoms. The number of ether oxygens (including phenoxy) is 2. The maximum absolute atomic E-state index is 13.1. The van der Waals surface area contributed by atoms with Crippen molar-refractivity contribution in [1.29, 1.82) is 0 Å². The number of likely N-dealkylation sites (tertiary alicyclic amines) is 1. The van der Waals surface area contributed by atoms with Crippen LogP contribution in [0, 0.1) is 12.8 Å². The van der Waals surface area contributed by atoms with Crippen molar-refractivity contribution >= 4 is 17.5 Å². The zero-order valence-electron chi connectivity index (χ0n) is 18.2. The van der Waals surface area contributed by atoms with Gasteiger partial charge in [0.25, 0.3) is 0 Å². The zero-order chi connectivity index (χ0) is 21.7. The summed E-state index contributed by atoms with van der Waals surface area (Å²) in [6.07, 6.45) is 1.35. The lowest BCUT2D eigenvalue weighted by Crippen LogP contribution is -2.47. The van der Waals surface area contributed by atoms with E-state index in [1.807, 2.05) is 61.2 Å². The number of piperidine rings is 1. The summed E-state index contributed by atoms with van der Waals surface area (Å²) in [6, 6.07) is 13.0. The minimum absolute atomic E-state index is 0.0196. The van der Waals surface area contributed by atoms with E-state index in [1.165, 1.54) is 0 Å². The molecule has 0 radical (unpaired) electrons. The van der Waals surface area contributed by atoms with E-state index in [1.54, 1.807) is 19.1 Å². The van der Waals surface area contributed by atoms with Gasteiger partial charge in [0.1, 0.15) is 11.5 Å². The highest BCUT2D eigenvalue weighted by molar-refractivity contribution is 5.98. The Morgan fingerprint density at radius 1 is 1.03 bits per heavy atom. The van der Waals surface area contributed by atoms with E-state index in [9.17, 15) is 9.59 Å². The van der Waals surface area contributed by atoms with E-state index in [-0.39, 0.29) is 17.7 Å². The van der Waals surface area contributed by atoms with Crippen molar-refractivity contribution in [2.24, 2.45) is 5.92 Å². The zero-order valence-corrected chi connectivity index (χ0v) is 18.2. The number of anilines is 1. The van der Waals surface area contributed by atoms with Gasteiger partial charge in [0, 0.05) is 36.8 Å². The largest absolute Gasteiger partial charge is 0.497 e. The van der Waals surface area contributed by atoms with Crippen molar-refractivity contribution in [3.8, 4) is 11.5 Å². The predicted octanol–water partition coefficient (Wildman–Crippen LogP) is 4.55. The van der Waals surface area contributed by atoms with Gasteiger partial charge in [-0.15, -0.1) is 0 Å². The molecular weight excluding hydrogens is 380 g/mol. The molecule has 1 fully saturated rings. The van der Waals surface area contributed by atoms with Crippen molar-refractivity contribution in [1.82, 2.24) is 4.90 Å². The smallest absolute Gasteiger partial charge is 0.324 e. The minimum Gasteiger partial charge on any atom is -0.497 e. The van der Waals surface area contributed by atoms with Crippen LogP contribution in [0.1, 0.15) is 35.7 Å². The maximum Gasteiger partial charge on any atom is 0.324 e. The summed E-state index contributed by atoms with van der Waals surface area (Å²) in [5, 5.41) is 0. The summed E-state index contributed by atoms with van der Waals surface area (Å²) in [5.41, 5.74) is 2.51. The second kappa shape index (κ2) is 9.65. The molecule has 0 saturated carbocycles. The van der Waals surface area contributed by atoms with Gasteiger partial charge < -0.3 is 14.4 Å². The minimum atomic E-state index is -0.0575. The Morgan fingerprint density at radius 2 is 1.70 bits per heavy atom. The Labute approximate surface area is 178 Å². The highest BCUT2D eigenvalue weighted by atomic mass is 16.5. The Balaban J connectivity index is 1.62. The van der Waals surface area contributed by atoms with Crippen LogP contribution in [0.15, 0.2) is 42.5 Å². The molecular formula is C24H30N2O4. The molecule has 1 aliphatic heterocycles. The van der Waals surface area contributed by atoms with Crippen molar-refractivity contribution in [3.63, 3.8) is 0 Å². The summed E-state index contributed by atoms with van der Waals surface area (Å²) in [5.74, 6) is 1.63. The van der Waals surface area contributed by atoms with Crippen LogP contribution in [0.5, 0.6) is 11.5 Å². The molecule has 2 amide bonds. The molecule has 160 valence electrons. The van der Waals surface area contributed by atoms with Gasteiger partial charge in [-0.1, -0.05) is 0 Å². The highest BCUT2D eigenvalue weighted by Crippen LogP contribution is 2.27. The van der Waals surface area contributed by atoms with Gasteiger partial charge >= 0.3 is 6.03 Å². The summed E-state index contributed by atoms with van der Waals surface area (Å²) < 4.78 is 10.5. The van der Waals surface area contributed by atoms with Crippen molar-refractivity contribution < 1.29 is 19.1 Å². The number of benzene rings is 2. The van der Waals surface area contributed by atoms with Crippen LogP contribution in [0.4, 0.5) is 10.5 Å². The highest BCUT2D eigenvalue weighted by Gasteiger charge is 2.30. The number of Topliss-reactive ketones (excluding diaryl/α,β-unsaturated/α-hetero) is 1. The summed E-state index contributed by atoms with van der Waals surface area (Å²) in [6.45, 7) is 5.64. The number of ketones is 1. The Bertz CT molecular complexity index is 887. The Hall–Kier alpha value is -3.02. The van der Waals surface area contributed by atoms with E-state index in [0.717, 1.165) is 22.7 Å². The van der Waals surface area contributed by atoms with Crippen LogP contribution in [0.25, 0.3) is 0 Å². The van der Waals surface area contributed by atoms with Crippen LogP contribution in [0.2, 0.25) is 0 Å². The standard InChI is InChI=1S/C24H30N2O4/c1-5-26(20-7-9-21(29-3)10-8-20)24(28)25-14-12-18(13-15-25)23(27)19-6-11-22(30-4)17(2)16-19/h6-11,16,18H,5,12-15H2,1-4H3. The first-order valence-electron chi connectivity index (χ1n) is 10.4. The van der Waals surface area contributed by atoms with Crippen LogP contribution in [-0.4, -0.2) is 50.6 Å². The summed E-state index contributed by atoms with van der Waals surface area (Å²) in [4.78, 5) is 29.6. The SMILES string of the molecule is CCN(C(=O)N1CCC(C(=O)c2ccc(OC)c(C)c2)CC1)c1ccc(OC)cc1. The molecule has 0 N–H and O–H groups in total. The lowest BCUT2D eigenvalue weighted by Gasteiger charge is -2.35. The van der Waals surface area contributed by atoms with Gasteiger partial charge in [-0.2, -0.15) is 0 Å². The van der Waals surface area contributed by atoms with Gasteiger partial charge in [-0.3, -0.25) is 9.69 Å². The number of carbonyl (C=O) groups excluding carboxylic acids is 2. The average molecular weight is 411 g/mol. The number of urea groups is 1. The monoisotopic (exact) mass is 410 g/mol. The predicted molar refractivity (Wildman–Crippen MR) is 118 cm³/mol. The summed E-state index contributed by atoms with van der Waals surface area (Å²) >= 11 is 0. The van der Waals surface area contributed by atoms with Crippen molar-refractivity contribution in [2.75, 3.05) is 38.8 Å². The molecule has 1 aliphatic rings. The second-order valence-corrected chi connectivity index (χ2v) is 7.53. The number of nitrogens with zero attached hydrogens (tertiary/aromatic N) is 2. The quantitative estimate of drug-likeness (QED) is 0.656. The van der Waals surface area contributed by atoms with Gasteiger partial charge in [0.05, 0.1) is 14.2 Å². The third-order valence-electron chi connectivity index (χ3n) is 5.75. The molecule has 0 unspecified atom stereocenters. The molecule has 1 saturated heterocycles. The van der Waals surface area contributed by atoms with Crippen LogP contribution >= 0.6 is 0 Å². The number of amides is 2. The first-order valence-corrected chi connectivity index (χ1v) is 10.4. The van der Waals surface area contributed by atoms with E-state index < -0.39 is 0 Å². The molecule has 0 spiro atoms. The third kappa shape index (κ3) is 4.58. The Kier molecular flexibility index (Phi) is 6.98. The van der Waals surface area contributed by atoms with Crippen LogP contribution in [-0.2, 0) is 0 Å². The molecule has 2 aromatic carbocycles. The number of carbonyl (C=O) groups is 2. The van der Waals surface area contributed by atoms with Gasteiger partial charge in [0.2, 0.25) is 0 Å². The topological polar surface area (TPSA) is 59.1 Å². The average Bonchev–Trinajstić information content (AvgIpc) is 2.79. The number of methoxy groups -OCH3 is 2. The van der Waals surface area contributed by atoms with E-state index >= 15 is 0 Å². The lowest BCUT2D eigenvalue weighted by molar-refractivity contribution is 0.0857. The second-order valence-electron chi connectivity index (χ2n) is 7.53. The Morgan fingerprint density at radius 3 is 2.23 bits per heavy atom. The lowest BCUT2D eigenvalue weighted by atomic mass is 9.88. The molecule has 0 aliphatic carbocycles. The van der Waals surface area contributed by atoms with E-state index in [4.69, 9.17) is 9.47 Å². The molecule has 0 aromatic heterocycles. The van der Waals surface area contributed by atoms with Gasteiger partial charge in [-0.05, 0) is 74.7 Å².